The van der Waals surface area contributed by atoms with Crippen LogP contribution in [0.4, 0.5) is 0 Å². The van der Waals surface area contributed by atoms with Gasteiger partial charge in [0.25, 0.3) is 0 Å². The van der Waals surface area contributed by atoms with Crippen LogP contribution in [-0.2, 0) is 5.41 Å². The number of ether oxygens (including phenoxy) is 2. The number of aliphatic hydroxyl groups is 2. The molecule has 0 unspecified atom stereocenters. The van der Waals surface area contributed by atoms with Crippen molar-refractivity contribution in [2.24, 2.45) is 0 Å². The summed E-state index contributed by atoms with van der Waals surface area (Å²) in [6.07, 6.45) is 0. The normalized spacial score (nSPS) is 12.8. The van der Waals surface area contributed by atoms with E-state index in [-0.39, 0.29) is 26.4 Å². The van der Waals surface area contributed by atoms with E-state index in [4.69, 9.17) is 9.47 Å². The predicted octanol–water partition coefficient (Wildman–Crippen LogP) is 10.4. The van der Waals surface area contributed by atoms with E-state index >= 15 is 0 Å². The van der Waals surface area contributed by atoms with E-state index in [1.807, 2.05) is 0 Å². The van der Waals surface area contributed by atoms with Crippen molar-refractivity contribution in [1.82, 2.24) is 0 Å². The second-order valence-electron chi connectivity index (χ2n) is 13.5. The van der Waals surface area contributed by atoms with Gasteiger partial charge in [0.2, 0.25) is 0 Å². The van der Waals surface area contributed by atoms with Crippen molar-refractivity contribution in [3.63, 3.8) is 0 Å². The van der Waals surface area contributed by atoms with Gasteiger partial charge >= 0.3 is 0 Å². The Bertz CT molecular complexity index is 2440. The molecule has 0 amide bonds. The van der Waals surface area contributed by atoms with Crippen LogP contribution in [0, 0.1) is 0 Å². The topological polar surface area (TPSA) is 58.9 Å². The molecule has 1 aliphatic carbocycles. The Hall–Kier alpha value is -6.20. The van der Waals surface area contributed by atoms with Gasteiger partial charge in [-0.15, -0.1) is 0 Å². The largest absolute Gasteiger partial charge is 0.491 e. The van der Waals surface area contributed by atoms with Crippen LogP contribution in [0.2, 0.25) is 0 Å². The van der Waals surface area contributed by atoms with Gasteiger partial charge in [-0.3, -0.25) is 0 Å². The second-order valence-corrected chi connectivity index (χ2v) is 13.5. The number of benzene rings is 8. The molecule has 0 aromatic heterocycles. The smallest absolute Gasteiger partial charge is 0.127 e. The van der Waals surface area contributed by atoms with Gasteiger partial charge in [0.15, 0.2) is 0 Å². The number of hydrogen-bond acceptors (Lipinski definition) is 4. The molecule has 258 valence electrons. The zero-order chi connectivity index (χ0) is 35.8. The minimum Gasteiger partial charge on any atom is -0.491 e. The standard InChI is InChI=1S/C49H38O4/c50-25-27-52-47-23-21-39(31-43(47)37-19-17-33-9-1-3-11-35(33)29-37)49(45-15-7-5-13-41(45)42-14-6-8-16-46(42)49)40-22-24-48(53-28-26-51)44(32-40)38-20-18-34-10-2-4-12-36(34)30-38/h1-24,29-32,50-51H,25-28H2. The fourth-order valence-corrected chi connectivity index (χ4v) is 8.28. The first-order valence-corrected chi connectivity index (χ1v) is 18.1. The lowest BCUT2D eigenvalue weighted by molar-refractivity contribution is 0.202. The summed E-state index contributed by atoms with van der Waals surface area (Å²) in [7, 11) is 0. The van der Waals surface area contributed by atoms with Gasteiger partial charge in [-0.25, -0.2) is 0 Å². The van der Waals surface area contributed by atoms with Crippen LogP contribution in [0.15, 0.2) is 170 Å². The third kappa shape index (κ3) is 5.55. The zero-order valence-electron chi connectivity index (χ0n) is 29.2. The SMILES string of the molecule is OCCOc1ccc(C2(c3ccc(OCCO)c(-c4ccc5ccccc5c4)c3)c3ccccc3-c3ccccc32)cc1-c1ccc2ccccc2c1. The van der Waals surface area contributed by atoms with Crippen LogP contribution in [0.1, 0.15) is 22.3 Å². The van der Waals surface area contributed by atoms with Gasteiger partial charge in [0, 0.05) is 11.1 Å². The molecule has 0 saturated heterocycles. The number of fused-ring (bicyclic) bond motifs is 5. The monoisotopic (exact) mass is 690 g/mol. The third-order valence-electron chi connectivity index (χ3n) is 10.6. The van der Waals surface area contributed by atoms with E-state index in [1.54, 1.807) is 0 Å². The first kappa shape index (κ1) is 32.7. The maximum Gasteiger partial charge on any atom is 0.127 e. The van der Waals surface area contributed by atoms with Crippen molar-refractivity contribution in [1.29, 1.82) is 0 Å². The minimum absolute atomic E-state index is 0.0775. The highest BCUT2D eigenvalue weighted by Gasteiger charge is 2.46. The molecule has 0 aliphatic heterocycles. The first-order valence-electron chi connectivity index (χ1n) is 18.1. The third-order valence-corrected chi connectivity index (χ3v) is 10.6. The Morgan fingerprint density at radius 1 is 0.377 bits per heavy atom. The summed E-state index contributed by atoms with van der Waals surface area (Å²) < 4.78 is 12.5. The average molecular weight is 691 g/mol. The number of aliphatic hydroxyl groups excluding tert-OH is 2. The van der Waals surface area contributed by atoms with Crippen LogP contribution in [0.25, 0.3) is 54.9 Å². The molecular formula is C49H38O4. The zero-order valence-corrected chi connectivity index (χ0v) is 29.2. The molecule has 1 aliphatic rings. The Labute approximate surface area is 309 Å². The molecule has 0 saturated carbocycles. The molecule has 0 atom stereocenters. The molecule has 0 spiro atoms. The summed E-state index contributed by atoms with van der Waals surface area (Å²) in [5.74, 6) is 1.44. The van der Waals surface area contributed by atoms with E-state index in [1.165, 1.54) is 33.0 Å². The summed E-state index contributed by atoms with van der Waals surface area (Å²) >= 11 is 0. The average Bonchev–Trinajstić information content (AvgIpc) is 3.53. The van der Waals surface area contributed by atoms with Crippen molar-refractivity contribution in [3.8, 4) is 44.9 Å². The summed E-state index contributed by atoms with van der Waals surface area (Å²) in [5, 5.41) is 24.2. The molecule has 4 heteroatoms. The maximum absolute atomic E-state index is 9.77. The van der Waals surface area contributed by atoms with Gasteiger partial charge in [0.1, 0.15) is 24.7 Å². The molecule has 9 rings (SSSR count). The van der Waals surface area contributed by atoms with Crippen molar-refractivity contribution in [2.45, 2.75) is 5.41 Å². The fourth-order valence-electron chi connectivity index (χ4n) is 8.28. The molecule has 53 heavy (non-hydrogen) atoms. The molecule has 2 N–H and O–H groups in total. The highest BCUT2D eigenvalue weighted by Crippen LogP contribution is 2.57. The van der Waals surface area contributed by atoms with E-state index in [2.05, 4.69) is 170 Å². The van der Waals surface area contributed by atoms with Crippen LogP contribution in [-0.4, -0.2) is 36.6 Å². The highest BCUT2D eigenvalue weighted by molar-refractivity contribution is 5.92. The van der Waals surface area contributed by atoms with Crippen LogP contribution < -0.4 is 9.47 Å². The van der Waals surface area contributed by atoms with E-state index < -0.39 is 5.41 Å². The van der Waals surface area contributed by atoms with Crippen molar-refractivity contribution in [3.05, 3.63) is 192 Å². The summed E-state index contributed by atoms with van der Waals surface area (Å²) in [4.78, 5) is 0. The van der Waals surface area contributed by atoms with E-state index in [0.29, 0.717) is 0 Å². The first-order chi connectivity index (χ1) is 26.2. The molecule has 4 nitrogen and oxygen atoms in total. The Kier molecular flexibility index (Phi) is 8.47. The quantitative estimate of drug-likeness (QED) is 0.150. The van der Waals surface area contributed by atoms with Crippen molar-refractivity contribution >= 4 is 21.5 Å². The summed E-state index contributed by atoms with van der Waals surface area (Å²) in [6.45, 7) is 0.236. The maximum atomic E-state index is 9.77. The molecule has 8 aromatic carbocycles. The predicted molar refractivity (Wildman–Crippen MR) is 215 cm³/mol. The second kappa shape index (κ2) is 13.7. The Morgan fingerprint density at radius 2 is 0.792 bits per heavy atom. The van der Waals surface area contributed by atoms with Gasteiger partial charge in [-0.05, 0) is 102 Å². The molecule has 0 fully saturated rings. The lowest BCUT2D eigenvalue weighted by atomic mass is 9.67. The number of hydrogen-bond donors (Lipinski definition) is 2. The fraction of sp³-hybridized carbons (Fsp3) is 0.102. The molecule has 8 aromatic rings. The lowest BCUT2D eigenvalue weighted by Crippen LogP contribution is -2.29. The highest BCUT2D eigenvalue weighted by atomic mass is 16.5. The molecule has 0 heterocycles. The minimum atomic E-state index is -0.699. The summed E-state index contributed by atoms with van der Waals surface area (Å²) in [5.41, 5.74) is 10.3. The molecule has 0 radical (unpaired) electrons. The summed E-state index contributed by atoms with van der Waals surface area (Å²) in [6, 6.07) is 60.3. The van der Waals surface area contributed by atoms with Gasteiger partial charge in [0.05, 0.1) is 18.6 Å². The Balaban J connectivity index is 1.33. The van der Waals surface area contributed by atoms with Gasteiger partial charge in [-0.2, -0.15) is 0 Å². The van der Waals surface area contributed by atoms with Gasteiger partial charge < -0.3 is 19.7 Å². The Morgan fingerprint density at radius 3 is 1.25 bits per heavy atom. The van der Waals surface area contributed by atoms with E-state index in [0.717, 1.165) is 55.7 Å². The van der Waals surface area contributed by atoms with Crippen molar-refractivity contribution in [2.75, 3.05) is 26.4 Å². The molecular weight excluding hydrogens is 653 g/mol. The van der Waals surface area contributed by atoms with Crippen LogP contribution in [0.5, 0.6) is 11.5 Å². The lowest BCUT2D eigenvalue weighted by Gasteiger charge is -2.35. The number of rotatable bonds is 10. The molecule has 0 bridgehead atoms. The van der Waals surface area contributed by atoms with Crippen LogP contribution in [0.3, 0.4) is 0 Å². The van der Waals surface area contributed by atoms with Crippen LogP contribution >= 0.6 is 0 Å². The van der Waals surface area contributed by atoms with Gasteiger partial charge in [-0.1, -0.05) is 133 Å². The van der Waals surface area contributed by atoms with E-state index in [9.17, 15) is 10.2 Å². The van der Waals surface area contributed by atoms with Crippen molar-refractivity contribution < 1.29 is 19.7 Å².